The number of fused-ring (bicyclic) bond motifs is 4. The van der Waals surface area contributed by atoms with Gasteiger partial charge in [-0.3, -0.25) is 0 Å². The largest absolute Gasteiger partial charge is 0.304 e. The average Bonchev–Trinajstić information content (AvgIpc) is 2.84. The van der Waals surface area contributed by atoms with Crippen LogP contribution in [0.1, 0.15) is 36.5 Å². The summed E-state index contributed by atoms with van der Waals surface area (Å²) in [6.45, 7) is 4.03. The molecule has 0 N–H and O–H groups in total. The first kappa shape index (κ1) is 12.1. The highest BCUT2D eigenvalue weighted by Crippen LogP contribution is 2.55. The first-order valence-corrected chi connectivity index (χ1v) is 6.88. The lowest BCUT2D eigenvalue weighted by molar-refractivity contribution is -0.342. The summed E-state index contributed by atoms with van der Waals surface area (Å²) in [5.41, 5.74) is 3.18. The summed E-state index contributed by atoms with van der Waals surface area (Å²) in [5, 5.41) is 0. The molecule has 0 aromatic heterocycles. The zero-order valence-electron chi connectivity index (χ0n) is 11.5. The normalized spacial score (nSPS) is 34.8. The van der Waals surface area contributed by atoms with Crippen LogP contribution in [-0.2, 0) is 20.3 Å². The van der Waals surface area contributed by atoms with Crippen molar-refractivity contribution in [3.05, 3.63) is 71.3 Å². The Morgan fingerprint density at radius 2 is 1.60 bits per heavy atom. The summed E-state index contributed by atoms with van der Waals surface area (Å²) in [6.07, 6.45) is 0. The van der Waals surface area contributed by atoms with Crippen molar-refractivity contribution in [3.63, 3.8) is 0 Å². The van der Waals surface area contributed by atoms with Crippen LogP contribution >= 0.6 is 0 Å². The van der Waals surface area contributed by atoms with Crippen molar-refractivity contribution >= 4 is 0 Å². The van der Waals surface area contributed by atoms with Crippen LogP contribution < -0.4 is 0 Å². The molecule has 4 rings (SSSR count). The fourth-order valence-electron chi connectivity index (χ4n) is 3.10. The monoisotopic (exact) mass is 268 g/mol. The molecule has 1 fully saturated rings. The van der Waals surface area contributed by atoms with E-state index in [2.05, 4.69) is 13.0 Å². The van der Waals surface area contributed by atoms with Crippen LogP contribution in [0.5, 0.6) is 0 Å². The van der Waals surface area contributed by atoms with Gasteiger partial charge in [0.2, 0.25) is 5.79 Å². The van der Waals surface area contributed by atoms with Gasteiger partial charge in [0.15, 0.2) is 0 Å². The van der Waals surface area contributed by atoms with E-state index in [1.54, 1.807) is 0 Å². The third kappa shape index (κ3) is 1.40. The van der Waals surface area contributed by atoms with Gasteiger partial charge in [0.1, 0.15) is 0 Å². The summed E-state index contributed by atoms with van der Waals surface area (Å²) in [6, 6.07) is 18.2. The quantitative estimate of drug-likeness (QED) is 0.738. The molecule has 1 saturated heterocycles. The first-order valence-electron chi connectivity index (χ1n) is 6.88. The minimum absolute atomic E-state index is 0.109. The SMILES string of the molecule is CC1c2ccccc2[C@@]2(c3ccccc3)OO[C@]1(C)O2. The Balaban J connectivity index is 2.00. The Morgan fingerprint density at radius 3 is 2.40 bits per heavy atom. The van der Waals surface area contributed by atoms with E-state index in [1.165, 1.54) is 5.56 Å². The Kier molecular flexibility index (Phi) is 2.37. The summed E-state index contributed by atoms with van der Waals surface area (Å²) >= 11 is 0. The van der Waals surface area contributed by atoms with E-state index in [9.17, 15) is 0 Å². The molecule has 102 valence electrons. The predicted octanol–water partition coefficient (Wildman–Crippen LogP) is 3.70. The van der Waals surface area contributed by atoms with Crippen molar-refractivity contribution in [3.8, 4) is 0 Å². The molecule has 0 amide bonds. The molecule has 2 aromatic carbocycles. The van der Waals surface area contributed by atoms with Crippen LogP contribution in [0.15, 0.2) is 54.6 Å². The van der Waals surface area contributed by atoms with Crippen molar-refractivity contribution in [1.29, 1.82) is 0 Å². The molecule has 3 nitrogen and oxygen atoms in total. The van der Waals surface area contributed by atoms with Gasteiger partial charge < -0.3 is 4.74 Å². The zero-order valence-corrected chi connectivity index (χ0v) is 11.5. The van der Waals surface area contributed by atoms with Gasteiger partial charge in [0.05, 0.1) is 0 Å². The molecule has 3 atom stereocenters. The van der Waals surface area contributed by atoms with E-state index in [4.69, 9.17) is 14.5 Å². The Morgan fingerprint density at radius 1 is 0.900 bits per heavy atom. The maximum Gasteiger partial charge on any atom is 0.257 e. The van der Waals surface area contributed by atoms with Gasteiger partial charge in [-0.1, -0.05) is 61.5 Å². The molecule has 2 aliphatic heterocycles. The molecule has 1 unspecified atom stereocenters. The van der Waals surface area contributed by atoms with E-state index >= 15 is 0 Å². The highest BCUT2D eigenvalue weighted by atomic mass is 17.3. The van der Waals surface area contributed by atoms with Crippen LogP contribution in [-0.4, -0.2) is 5.79 Å². The van der Waals surface area contributed by atoms with Crippen molar-refractivity contribution < 1.29 is 14.5 Å². The second-order valence-electron chi connectivity index (χ2n) is 5.58. The average molecular weight is 268 g/mol. The minimum Gasteiger partial charge on any atom is -0.304 e. The number of hydrogen-bond acceptors (Lipinski definition) is 3. The van der Waals surface area contributed by atoms with Crippen LogP contribution in [0, 0.1) is 0 Å². The van der Waals surface area contributed by atoms with Crippen molar-refractivity contribution in [1.82, 2.24) is 0 Å². The molecule has 0 spiro atoms. The summed E-state index contributed by atoms with van der Waals surface area (Å²) < 4.78 is 6.25. The molecular formula is C17H16O3. The van der Waals surface area contributed by atoms with Gasteiger partial charge in [-0.15, -0.1) is 0 Å². The molecule has 2 heterocycles. The number of ether oxygens (including phenoxy) is 1. The van der Waals surface area contributed by atoms with Crippen molar-refractivity contribution in [2.75, 3.05) is 0 Å². The smallest absolute Gasteiger partial charge is 0.257 e. The van der Waals surface area contributed by atoms with Gasteiger partial charge in [0.25, 0.3) is 5.79 Å². The number of rotatable bonds is 1. The second-order valence-corrected chi connectivity index (χ2v) is 5.58. The van der Waals surface area contributed by atoms with Crippen molar-refractivity contribution in [2.24, 2.45) is 0 Å². The molecule has 0 radical (unpaired) electrons. The van der Waals surface area contributed by atoms with E-state index < -0.39 is 11.6 Å². The molecule has 2 aromatic rings. The van der Waals surface area contributed by atoms with E-state index in [-0.39, 0.29) is 5.92 Å². The van der Waals surface area contributed by atoms with E-state index in [1.807, 2.05) is 55.5 Å². The molecular weight excluding hydrogens is 252 g/mol. The van der Waals surface area contributed by atoms with Crippen LogP contribution in [0.25, 0.3) is 0 Å². The van der Waals surface area contributed by atoms with Gasteiger partial charge in [0, 0.05) is 17.0 Å². The molecule has 2 aliphatic rings. The number of hydrogen-bond donors (Lipinski definition) is 0. The highest BCUT2D eigenvalue weighted by molar-refractivity contribution is 5.44. The fourth-order valence-corrected chi connectivity index (χ4v) is 3.10. The third-order valence-corrected chi connectivity index (χ3v) is 4.39. The second kappa shape index (κ2) is 3.92. The van der Waals surface area contributed by atoms with Gasteiger partial charge in [-0.2, -0.15) is 9.78 Å². The van der Waals surface area contributed by atoms with Gasteiger partial charge >= 0.3 is 0 Å². The Bertz CT molecular complexity index is 654. The zero-order chi connectivity index (χ0) is 13.8. The van der Waals surface area contributed by atoms with E-state index in [0.29, 0.717) is 0 Å². The molecule has 0 aliphatic carbocycles. The summed E-state index contributed by atoms with van der Waals surface area (Å²) in [5.74, 6) is -1.61. The Hall–Kier alpha value is -1.68. The molecule has 2 bridgehead atoms. The molecule has 20 heavy (non-hydrogen) atoms. The van der Waals surface area contributed by atoms with Crippen LogP contribution in [0.2, 0.25) is 0 Å². The molecule has 3 heteroatoms. The lowest BCUT2D eigenvalue weighted by atomic mass is 9.81. The minimum atomic E-state index is -0.959. The standard InChI is InChI=1S/C17H16O3/c1-12-14-10-6-7-11-15(14)17(13-8-4-3-5-9-13)18-16(12,2)19-20-17/h3-12H,1-2H3/t12?,16-,17+/m0/s1. The lowest BCUT2D eigenvalue weighted by Crippen LogP contribution is -2.42. The first-order chi connectivity index (χ1) is 9.66. The van der Waals surface area contributed by atoms with Gasteiger partial charge in [-0.25, -0.2) is 0 Å². The van der Waals surface area contributed by atoms with E-state index in [0.717, 1.165) is 11.1 Å². The Labute approximate surface area is 118 Å². The third-order valence-electron chi connectivity index (χ3n) is 4.39. The van der Waals surface area contributed by atoms with Crippen molar-refractivity contribution in [2.45, 2.75) is 31.3 Å². The maximum atomic E-state index is 6.25. The summed E-state index contributed by atoms with van der Waals surface area (Å²) in [4.78, 5) is 11.3. The lowest BCUT2D eigenvalue weighted by Gasteiger charge is -2.38. The van der Waals surface area contributed by atoms with Gasteiger partial charge in [-0.05, 0) is 12.5 Å². The highest BCUT2D eigenvalue weighted by Gasteiger charge is 2.60. The fraction of sp³-hybridized carbons (Fsp3) is 0.294. The molecule has 0 saturated carbocycles. The van der Waals surface area contributed by atoms with Crippen LogP contribution in [0.3, 0.4) is 0 Å². The maximum absolute atomic E-state index is 6.25. The topological polar surface area (TPSA) is 27.7 Å². The number of benzene rings is 2. The summed E-state index contributed by atoms with van der Waals surface area (Å²) in [7, 11) is 0. The predicted molar refractivity (Wildman–Crippen MR) is 73.7 cm³/mol. The van der Waals surface area contributed by atoms with Crippen LogP contribution in [0.4, 0.5) is 0 Å².